The van der Waals surface area contributed by atoms with Crippen molar-refractivity contribution in [1.82, 2.24) is 4.90 Å². The van der Waals surface area contributed by atoms with Crippen LogP contribution < -0.4 is 5.73 Å². The second kappa shape index (κ2) is 4.78. The van der Waals surface area contributed by atoms with Crippen molar-refractivity contribution in [3.05, 3.63) is 35.4 Å². The van der Waals surface area contributed by atoms with Gasteiger partial charge in [0.05, 0.1) is 11.5 Å². The third-order valence-electron chi connectivity index (χ3n) is 3.74. The molecule has 0 saturated carbocycles. The largest absolute Gasteiger partial charge is 0.326 e. The lowest BCUT2D eigenvalue weighted by Crippen LogP contribution is -2.35. The van der Waals surface area contributed by atoms with E-state index in [0.717, 1.165) is 11.1 Å². The molecule has 0 aliphatic carbocycles. The van der Waals surface area contributed by atoms with E-state index in [4.69, 9.17) is 5.73 Å². The van der Waals surface area contributed by atoms with Gasteiger partial charge in [0.25, 0.3) is 0 Å². The van der Waals surface area contributed by atoms with Crippen molar-refractivity contribution in [3.63, 3.8) is 0 Å². The van der Waals surface area contributed by atoms with Crippen LogP contribution in [0.5, 0.6) is 0 Å². The van der Waals surface area contributed by atoms with Crippen LogP contribution in [0.2, 0.25) is 0 Å². The van der Waals surface area contributed by atoms with Gasteiger partial charge in [-0.15, -0.1) is 0 Å². The van der Waals surface area contributed by atoms with Crippen molar-refractivity contribution in [2.45, 2.75) is 39.8 Å². The summed E-state index contributed by atoms with van der Waals surface area (Å²) in [4.78, 5) is 25.7. The molecule has 1 unspecified atom stereocenters. The zero-order valence-electron chi connectivity index (χ0n) is 11.6. The fourth-order valence-corrected chi connectivity index (χ4v) is 2.45. The van der Waals surface area contributed by atoms with Crippen molar-refractivity contribution >= 4 is 11.8 Å². The van der Waals surface area contributed by atoms with Crippen LogP contribution in [0.4, 0.5) is 0 Å². The van der Waals surface area contributed by atoms with E-state index >= 15 is 0 Å². The van der Waals surface area contributed by atoms with Gasteiger partial charge in [0.1, 0.15) is 0 Å². The van der Waals surface area contributed by atoms with Crippen LogP contribution in [0.1, 0.15) is 44.4 Å². The van der Waals surface area contributed by atoms with E-state index in [9.17, 15) is 9.59 Å². The molecule has 1 aromatic rings. The zero-order valence-corrected chi connectivity index (χ0v) is 11.6. The third kappa shape index (κ3) is 2.40. The maximum Gasteiger partial charge on any atom is 0.235 e. The second-order valence-corrected chi connectivity index (χ2v) is 5.75. The third-order valence-corrected chi connectivity index (χ3v) is 3.74. The van der Waals surface area contributed by atoms with Gasteiger partial charge in [0.15, 0.2) is 0 Å². The molecule has 0 bridgehead atoms. The molecule has 0 radical (unpaired) electrons. The minimum absolute atomic E-state index is 0.0899. The number of rotatable bonds is 3. The maximum atomic E-state index is 12.3. The lowest BCUT2D eigenvalue weighted by atomic mass is 9.92. The van der Waals surface area contributed by atoms with Crippen molar-refractivity contribution in [3.8, 4) is 0 Å². The van der Waals surface area contributed by atoms with Crippen LogP contribution >= 0.6 is 0 Å². The van der Waals surface area contributed by atoms with Gasteiger partial charge in [0, 0.05) is 13.0 Å². The molecule has 1 heterocycles. The van der Waals surface area contributed by atoms with Crippen molar-refractivity contribution in [1.29, 1.82) is 0 Å². The van der Waals surface area contributed by atoms with Crippen molar-refractivity contribution < 1.29 is 9.59 Å². The molecule has 2 amide bonds. The Morgan fingerprint density at radius 1 is 1.26 bits per heavy atom. The number of carbonyl (C=O) groups is 2. The number of nitrogens with zero attached hydrogens (tertiary/aromatic N) is 1. The highest BCUT2D eigenvalue weighted by Crippen LogP contribution is 2.36. The zero-order chi connectivity index (χ0) is 14.2. The van der Waals surface area contributed by atoms with Gasteiger partial charge in [-0.3, -0.25) is 14.5 Å². The van der Waals surface area contributed by atoms with Gasteiger partial charge >= 0.3 is 0 Å². The summed E-state index contributed by atoms with van der Waals surface area (Å²) in [5.41, 5.74) is 6.97. The summed E-state index contributed by atoms with van der Waals surface area (Å²) >= 11 is 0. The maximum absolute atomic E-state index is 12.3. The number of benzene rings is 1. The molecule has 102 valence electrons. The second-order valence-electron chi connectivity index (χ2n) is 5.75. The average Bonchev–Trinajstić information content (AvgIpc) is 2.58. The average molecular weight is 260 g/mol. The number of likely N-dealkylation sites (tertiary alicyclic amines) is 1. The molecule has 2 rings (SSSR count). The molecule has 0 aromatic heterocycles. The molecular formula is C15H20N2O2. The molecule has 19 heavy (non-hydrogen) atoms. The summed E-state index contributed by atoms with van der Waals surface area (Å²) < 4.78 is 0. The molecule has 1 fully saturated rings. The Balaban J connectivity index is 2.26. The van der Waals surface area contributed by atoms with Gasteiger partial charge in [-0.2, -0.15) is 0 Å². The summed E-state index contributed by atoms with van der Waals surface area (Å²) in [5, 5.41) is 0. The van der Waals surface area contributed by atoms with E-state index in [1.54, 1.807) is 0 Å². The summed E-state index contributed by atoms with van der Waals surface area (Å²) in [6, 6.07) is 7.50. The Bertz CT molecular complexity index is 505. The standard InChI is InChI=1S/C15H20N2O2/c1-10(12-6-4-11(9-16)5-7-12)17-13(18)8-15(2,3)14(17)19/h4-7,10H,8-9,16H2,1-3H3. The predicted octanol–water partition coefficient (Wildman–Crippen LogP) is 1.99. The normalized spacial score (nSPS) is 19.9. The smallest absolute Gasteiger partial charge is 0.235 e. The number of hydrogen-bond acceptors (Lipinski definition) is 3. The summed E-state index contributed by atoms with van der Waals surface area (Å²) in [6.07, 6.45) is 0.289. The highest BCUT2D eigenvalue weighted by Gasteiger charge is 2.46. The number of imide groups is 1. The van der Waals surface area contributed by atoms with E-state index < -0.39 is 5.41 Å². The molecule has 1 aromatic carbocycles. The van der Waals surface area contributed by atoms with E-state index in [1.807, 2.05) is 45.0 Å². The lowest BCUT2D eigenvalue weighted by molar-refractivity contribution is -0.143. The first-order valence-corrected chi connectivity index (χ1v) is 6.52. The summed E-state index contributed by atoms with van der Waals surface area (Å²) in [7, 11) is 0. The van der Waals surface area contributed by atoms with Crippen LogP contribution in [-0.2, 0) is 16.1 Å². The molecule has 4 nitrogen and oxygen atoms in total. The minimum atomic E-state index is -0.581. The molecule has 1 atom stereocenters. The first-order valence-electron chi connectivity index (χ1n) is 6.52. The van der Waals surface area contributed by atoms with Crippen molar-refractivity contribution in [2.75, 3.05) is 0 Å². The lowest BCUT2D eigenvalue weighted by Gasteiger charge is -2.25. The topological polar surface area (TPSA) is 63.4 Å². The van der Waals surface area contributed by atoms with E-state index in [2.05, 4.69) is 0 Å². The number of amides is 2. The monoisotopic (exact) mass is 260 g/mol. The number of hydrogen-bond donors (Lipinski definition) is 1. The fraction of sp³-hybridized carbons (Fsp3) is 0.467. The van der Waals surface area contributed by atoms with Crippen LogP contribution in [0, 0.1) is 5.41 Å². The fourth-order valence-electron chi connectivity index (χ4n) is 2.45. The van der Waals surface area contributed by atoms with Crippen LogP contribution in [0.3, 0.4) is 0 Å². The Labute approximate surface area is 113 Å². The molecule has 2 N–H and O–H groups in total. The van der Waals surface area contributed by atoms with Gasteiger partial charge < -0.3 is 5.73 Å². The minimum Gasteiger partial charge on any atom is -0.326 e. The molecule has 0 spiro atoms. The Morgan fingerprint density at radius 3 is 2.26 bits per heavy atom. The molecule has 1 aliphatic heterocycles. The number of nitrogens with two attached hydrogens (primary N) is 1. The highest BCUT2D eigenvalue weighted by molar-refractivity contribution is 6.05. The Hall–Kier alpha value is -1.68. The SMILES string of the molecule is CC(c1ccc(CN)cc1)N1C(=O)CC(C)(C)C1=O. The van der Waals surface area contributed by atoms with Crippen LogP contribution in [0.25, 0.3) is 0 Å². The van der Waals surface area contributed by atoms with Gasteiger partial charge in [-0.25, -0.2) is 0 Å². The number of carbonyl (C=O) groups excluding carboxylic acids is 2. The first-order chi connectivity index (χ1) is 8.86. The molecule has 4 heteroatoms. The Kier molecular flexibility index (Phi) is 3.45. The van der Waals surface area contributed by atoms with Gasteiger partial charge in [-0.05, 0) is 18.1 Å². The van der Waals surface area contributed by atoms with E-state index in [0.29, 0.717) is 6.54 Å². The summed E-state index contributed by atoms with van der Waals surface area (Å²) in [5.74, 6) is -0.182. The van der Waals surface area contributed by atoms with Crippen LogP contribution in [0.15, 0.2) is 24.3 Å². The van der Waals surface area contributed by atoms with Crippen molar-refractivity contribution in [2.24, 2.45) is 11.1 Å². The van der Waals surface area contributed by atoms with E-state index in [-0.39, 0.29) is 24.3 Å². The summed E-state index contributed by atoms with van der Waals surface area (Å²) in [6.45, 7) is 6.01. The first kappa shape index (κ1) is 13.7. The highest BCUT2D eigenvalue weighted by atomic mass is 16.2. The molecule has 1 aliphatic rings. The molecule has 1 saturated heterocycles. The quantitative estimate of drug-likeness (QED) is 0.845. The van der Waals surface area contributed by atoms with Crippen LogP contribution in [-0.4, -0.2) is 16.7 Å². The Morgan fingerprint density at radius 2 is 1.84 bits per heavy atom. The molecular weight excluding hydrogens is 240 g/mol. The van der Waals surface area contributed by atoms with E-state index in [1.165, 1.54) is 4.90 Å². The van der Waals surface area contributed by atoms with Gasteiger partial charge in [-0.1, -0.05) is 38.1 Å². The predicted molar refractivity (Wildman–Crippen MR) is 73.0 cm³/mol. The van der Waals surface area contributed by atoms with Gasteiger partial charge in [0.2, 0.25) is 11.8 Å².